The van der Waals surface area contributed by atoms with Gasteiger partial charge in [-0.25, -0.2) is 4.79 Å². The van der Waals surface area contributed by atoms with E-state index in [-0.39, 0.29) is 5.56 Å². The maximum atomic E-state index is 10.4. The van der Waals surface area contributed by atoms with E-state index in [0.717, 1.165) is 11.1 Å². The summed E-state index contributed by atoms with van der Waals surface area (Å²) in [5.41, 5.74) is 14.7. The van der Waals surface area contributed by atoms with Gasteiger partial charge in [0.15, 0.2) is 0 Å². The number of nitrogen functional groups attached to an aromatic ring is 2. The number of rotatable bonds is 2. The highest BCUT2D eigenvalue weighted by molar-refractivity contribution is 5.81. The average molecular weight is 336 g/mol. The van der Waals surface area contributed by atoms with E-state index < -0.39 is 5.69 Å². The lowest BCUT2D eigenvalue weighted by molar-refractivity contribution is 0.994. The third-order valence-corrected chi connectivity index (χ3v) is 3.32. The van der Waals surface area contributed by atoms with Gasteiger partial charge in [0.1, 0.15) is 0 Å². The zero-order chi connectivity index (χ0) is 18.2. The Kier molecular flexibility index (Phi) is 5.95. The lowest BCUT2D eigenvalue weighted by atomic mass is 10.1. The van der Waals surface area contributed by atoms with E-state index in [9.17, 15) is 9.59 Å². The molecule has 0 radical (unpaired) electrons. The van der Waals surface area contributed by atoms with Crippen LogP contribution in [0.25, 0.3) is 12.2 Å². The van der Waals surface area contributed by atoms with Crippen molar-refractivity contribution in [1.29, 1.82) is 0 Å². The number of hydrogen-bond acceptors (Lipinski definition) is 4. The Morgan fingerprint density at radius 1 is 0.880 bits per heavy atom. The fourth-order valence-electron chi connectivity index (χ4n) is 2.09. The number of H-pyrrole nitrogens is 2. The predicted octanol–water partition coefficient (Wildman–Crippen LogP) is 2.39. The van der Waals surface area contributed by atoms with E-state index in [1.165, 1.54) is 6.07 Å². The van der Waals surface area contributed by atoms with Gasteiger partial charge in [-0.2, -0.15) is 0 Å². The predicted molar refractivity (Wildman–Crippen MR) is 103 cm³/mol. The molecular formula is C19H20N4O2. The van der Waals surface area contributed by atoms with Crippen molar-refractivity contribution in [3.05, 3.63) is 92.3 Å². The van der Waals surface area contributed by atoms with E-state index in [2.05, 4.69) is 4.98 Å². The molecule has 25 heavy (non-hydrogen) atoms. The average Bonchev–Trinajstić information content (AvgIpc) is 2.56. The van der Waals surface area contributed by atoms with Crippen molar-refractivity contribution in [2.75, 3.05) is 11.5 Å². The van der Waals surface area contributed by atoms with Crippen molar-refractivity contribution in [2.45, 2.75) is 6.92 Å². The van der Waals surface area contributed by atoms with Gasteiger partial charge < -0.3 is 16.5 Å². The number of aromatic amines is 2. The zero-order valence-electron chi connectivity index (χ0n) is 13.8. The third-order valence-electron chi connectivity index (χ3n) is 3.32. The standard InChI is InChI=1S/C14H14N2.C5H6N2O2/c15-13-8-4-7-12(14(13)16)10-9-11-5-2-1-3-6-11;1-3-2-4(8)7-5(9)6-3/h1-10H,15-16H2;2H,1H3,(H2,6,7,8,9). The number of aryl methyl sites for hydroxylation is 1. The lowest BCUT2D eigenvalue weighted by Crippen LogP contribution is -2.21. The second-order valence-electron chi connectivity index (χ2n) is 5.36. The number of anilines is 2. The summed E-state index contributed by atoms with van der Waals surface area (Å²) in [7, 11) is 0. The highest BCUT2D eigenvalue weighted by atomic mass is 16.2. The molecule has 2 aromatic carbocycles. The van der Waals surface area contributed by atoms with Crippen LogP contribution in [0.5, 0.6) is 0 Å². The Hall–Kier alpha value is -3.54. The highest BCUT2D eigenvalue weighted by Crippen LogP contribution is 2.21. The fourth-order valence-corrected chi connectivity index (χ4v) is 2.09. The Morgan fingerprint density at radius 3 is 2.24 bits per heavy atom. The topological polar surface area (TPSA) is 118 Å². The van der Waals surface area contributed by atoms with Crippen LogP contribution in [-0.2, 0) is 0 Å². The first-order chi connectivity index (χ1) is 12.0. The number of nitrogens with one attached hydrogen (secondary N) is 2. The molecule has 0 atom stereocenters. The molecule has 6 N–H and O–H groups in total. The second-order valence-corrected chi connectivity index (χ2v) is 5.36. The third kappa shape index (κ3) is 5.54. The van der Waals surface area contributed by atoms with Gasteiger partial charge >= 0.3 is 5.69 Å². The van der Waals surface area contributed by atoms with Crippen LogP contribution in [0, 0.1) is 6.92 Å². The van der Waals surface area contributed by atoms with E-state index in [1.54, 1.807) is 13.0 Å². The lowest BCUT2D eigenvalue weighted by Gasteiger charge is -2.03. The van der Waals surface area contributed by atoms with Crippen molar-refractivity contribution >= 4 is 23.5 Å². The molecule has 6 nitrogen and oxygen atoms in total. The van der Waals surface area contributed by atoms with E-state index in [1.807, 2.05) is 59.6 Å². The molecule has 0 spiro atoms. The Morgan fingerprint density at radius 2 is 1.60 bits per heavy atom. The smallest absolute Gasteiger partial charge is 0.325 e. The first kappa shape index (κ1) is 17.8. The van der Waals surface area contributed by atoms with Gasteiger partial charge in [0.2, 0.25) is 0 Å². The summed E-state index contributed by atoms with van der Waals surface area (Å²) in [6.07, 6.45) is 3.99. The number of hydrogen-bond donors (Lipinski definition) is 4. The maximum Gasteiger partial charge on any atom is 0.325 e. The quantitative estimate of drug-likeness (QED) is 0.424. The largest absolute Gasteiger partial charge is 0.397 e. The van der Waals surface area contributed by atoms with E-state index in [0.29, 0.717) is 17.1 Å². The fraction of sp³-hybridized carbons (Fsp3) is 0.0526. The van der Waals surface area contributed by atoms with Crippen LogP contribution in [0.4, 0.5) is 11.4 Å². The van der Waals surface area contributed by atoms with Crippen molar-refractivity contribution < 1.29 is 0 Å². The molecule has 0 amide bonds. The summed E-state index contributed by atoms with van der Waals surface area (Å²) in [5.74, 6) is 0. The second kappa shape index (κ2) is 8.35. The summed E-state index contributed by atoms with van der Waals surface area (Å²) in [5, 5.41) is 0. The van der Waals surface area contributed by atoms with Crippen molar-refractivity contribution in [2.24, 2.45) is 0 Å². The molecule has 0 aliphatic heterocycles. The number of para-hydroxylation sites is 1. The summed E-state index contributed by atoms with van der Waals surface area (Å²) in [6, 6.07) is 17.0. The van der Waals surface area contributed by atoms with Crippen LogP contribution in [0.3, 0.4) is 0 Å². The van der Waals surface area contributed by atoms with E-state index in [4.69, 9.17) is 11.5 Å². The molecule has 0 bridgehead atoms. The molecule has 0 saturated heterocycles. The van der Waals surface area contributed by atoms with Gasteiger partial charge in [-0.1, -0.05) is 54.6 Å². The summed E-state index contributed by atoms with van der Waals surface area (Å²) in [4.78, 5) is 25.3. The molecule has 1 aromatic heterocycles. The first-order valence-electron chi connectivity index (χ1n) is 7.63. The van der Waals surface area contributed by atoms with Crippen LogP contribution in [-0.4, -0.2) is 9.97 Å². The SMILES string of the molecule is Cc1cc(=O)[nH]c(=O)[nH]1.Nc1cccc(C=Cc2ccccc2)c1N. The van der Waals surface area contributed by atoms with Crippen LogP contribution in [0.15, 0.2) is 64.2 Å². The van der Waals surface area contributed by atoms with Gasteiger partial charge in [0.05, 0.1) is 11.4 Å². The van der Waals surface area contributed by atoms with E-state index >= 15 is 0 Å². The van der Waals surface area contributed by atoms with Crippen LogP contribution in [0.2, 0.25) is 0 Å². The molecule has 6 heteroatoms. The number of aromatic nitrogens is 2. The minimum atomic E-state index is -0.458. The van der Waals surface area contributed by atoms with Gasteiger partial charge in [-0.3, -0.25) is 9.78 Å². The molecular weight excluding hydrogens is 316 g/mol. The number of benzene rings is 2. The zero-order valence-corrected chi connectivity index (χ0v) is 13.8. The van der Waals surface area contributed by atoms with Gasteiger partial charge in [-0.15, -0.1) is 0 Å². The summed E-state index contributed by atoms with van der Waals surface area (Å²) >= 11 is 0. The van der Waals surface area contributed by atoms with Crippen molar-refractivity contribution in [3.8, 4) is 0 Å². The van der Waals surface area contributed by atoms with Crippen molar-refractivity contribution in [1.82, 2.24) is 9.97 Å². The monoisotopic (exact) mass is 336 g/mol. The molecule has 0 fully saturated rings. The Bertz CT molecular complexity index is 944. The minimum absolute atomic E-state index is 0.365. The molecule has 0 aliphatic rings. The van der Waals surface area contributed by atoms with Gasteiger partial charge in [-0.05, 0) is 24.1 Å². The molecule has 3 rings (SSSR count). The summed E-state index contributed by atoms with van der Waals surface area (Å²) in [6.45, 7) is 1.65. The van der Waals surface area contributed by atoms with Gasteiger partial charge in [0.25, 0.3) is 5.56 Å². The molecule has 1 heterocycles. The van der Waals surface area contributed by atoms with Crippen LogP contribution in [0.1, 0.15) is 16.8 Å². The molecule has 3 aromatic rings. The first-order valence-corrected chi connectivity index (χ1v) is 7.63. The molecule has 0 aliphatic carbocycles. The summed E-state index contributed by atoms with van der Waals surface area (Å²) < 4.78 is 0. The minimum Gasteiger partial charge on any atom is -0.397 e. The van der Waals surface area contributed by atoms with Crippen LogP contribution >= 0.6 is 0 Å². The Labute approximate surface area is 144 Å². The number of nitrogens with two attached hydrogens (primary N) is 2. The molecule has 0 saturated carbocycles. The normalized spacial score (nSPS) is 10.3. The maximum absolute atomic E-state index is 10.4. The Balaban J connectivity index is 0.000000212. The van der Waals surface area contributed by atoms with Crippen molar-refractivity contribution in [3.63, 3.8) is 0 Å². The molecule has 0 unspecified atom stereocenters. The molecule has 128 valence electrons. The highest BCUT2D eigenvalue weighted by Gasteiger charge is 1.97. The van der Waals surface area contributed by atoms with Crippen LogP contribution < -0.4 is 22.7 Å². The van der Waals surface area contributed by atoms with Gasteiger partial charge in [0, 0.05) is 11.8 Å².